The number of hydrogen-bond donors (Lipinski definition) is 0. The van der Waals surface area contributed by atoms with Crippen molar-refractivity contribution in [3.63, 3.8) is 0 Å². The van der Waals surface area contributed by atoms with E-state index in [-0.39, 0.29) is 6.10 Å². The monoisotopic (exact) mass is 314 g/mol. The van der Waals surface area contributed by atoms with Crippen LogP contribution in [0.15, 0.2) is 6.20 Å². The maximum absolute atomic E-state index is 5.84. The zero-order valence-corrected chi connectivity index (χ0v) is 10.5. The standard InChI is InChI=1S/C8H12ClIN2O/c1-6(2)13-4-3-12-5-7(9)8(10)11-12/h5-6H,3-4H2,1-2H3. The molecule has 0 saturated carbocycles. The molecule has 0 radical (unpaired) electrons. The van der Waals surface area contributed by atoms with Gasteiger partial charge >= 0.3 is 0 Å². The lowest BCUT2D eigenvalue weighted by Crippen LogP contribution is -2.10. The summed E-state index contributed by atoms with van der Waals surface area (Å²) in [7, 11) is 0. The van der Waals surface area contributed by atoms with Crippen LogP contribution in [0.25, 0.3) is 0 Å². The molecule has 0 amide bonds. The van der Waals surface area contributed by atoms with Gasteiger partial charge in [-0.1, -0.05) is 11.6 Å². The number of halogens is 2. The second-order valence-electron chi connectivity index (χ2n) is 2.95. The molecule has 0 spiro atoms. The van der Waals surface area contributed by atoms with E-state index >= 15 is 0 Å². The van der Waals surface area contributed by atoms with E-state index in [1.54, 1.807) is 4.68 Å². The number of nitrogens with zero attached hydrogens (tertiary/aromatic N) is 2. The molecule has 0 aliphatic carbocycles. The molecule has 0 fully saturated rings. The Kier molecular flexibility index (Phi) is 4.48. The molecular formula is C8H12ClIN2O. The van der Waals surface area contributed by atoms with Gasteiger partial charge in [0.25, 0.3) is 0 Å². The Hall–Kier alpha value is 0.190. The van der Waals surface area contributed by atoms with Gasteiger partial charge in [0.2, 0.25) is 0 Å². The largest absolute Gasteiger partial charge is 0.377 e. The molecule has 1 aromatic heterocycles. The van der Waals surface area contributed by atoms with Crippen molar-refractivity contribution >= 4 is 34.2 Å². The molecule has 0 aromatic carbocycles. The lowest BCUT2D eigenvalue weighted by molar-refractivity contribution is 0.0709. The van der Waals surface area contributed by atoms with Crippen molar-refractivity contribution in [3.05, 3.63) is 14.9 Å². The van der Waals surface area contributed by atoms with Crippen molar-refractivity contribution in [3.8, 4) is 0 Å². The van der Waals surface area contributed by atoms with Crippen LogP contribution in [0.1, 0.15) is 13.8 Å². The number of rotatable bonds is 4. The third-order valence-corrected chi connectivity index (χ3v) is 2.84. The molecule has 13 heavy (non-hydrogen) atoms. The molecule has 0 unspecified atom stereocenters. The smallest absolute Gasteiger partial charge is 0.141 e. The summed E-state index contributed by atoms with van der Waals surface area (Å²) in [6.45, 7) is 5.45. The summed E-state index contributed by atoms with van der Waals surface area (Å²) in [5.74, 6) is 0. The van der Waals surface area contributed by atoms with E-state index < -0.39 is 0 Å². The molecule has 0 N–H and O–H groups in total. The van der Waals surface area contributed by atoms with Crippen LogP contribution in [0.4, 0.5) is 0 Å². The highest BCUT2D eigenvalue weighted by atomic mass is 127. The maximum Gasteiger partial charge on any atom is 0.141 e. The van der Waals surface area contributed by atoms with Crippen molar-refractivity contribution in [2.24, 2.45) is 0 Å². The Labute approximate surface area is 96.5 Å². The molecule has 0 aliphatic rings. The van der Waals surface area contributed by atoms with E-state index in [2.05, 4.69) is 27.7 Å². The molecule has 74 valence electrons. The van der Waals surface area contributed by atoms with Crippen LogP contribution < -0.4 is 0 Å². The second kappa shape index (κ2) is 5.17. The van der Waals surface area contributed by atoms with Crippen LogP contribution in [0.5, 0.6) is 0 Å². The fraction of sp³-hybridized carbons (Fsp3) is 0.625. The normalized spacial score (nSPS) is 11.2. The molecule has 0 saturated heterocycles. The summed E-state index contributed by atoms with van der Waals surface area (Å²) in [4.78, 5) is 0. The average molecular weight is 315 g/mol. The predicted octanol–water partition coefficient (Wildman–Crippen LogP) is 2.57. The van der Waals surface area contributed by atoms with Gasteiger partial charge in [-0.25, -0.2) is 0 Å². The zero-order valence-electron chi connectivity index (χ0n) is 7.63. The van der Waals surface area contributed by atoms with Gasteiger partial charge in [0.1, 0.15) is 3.70 Å². The lowest BCUT2D eigenvalue weighted by atomic mass is 10.5. The van der Waals surface area contributed by atoms with Gasteiger partial charge in [-0.3, -0.25) is 4.68 Å². The molecule has 3 nitrogen and oxygen atoms in total. The van der Waals surface area contributed by atoms with E-state index in [4.69, 9.17) is 16.3 Å². The summed E-state index contributed by atoms with van der Waals surface area (Å²) in [6.07, 6.45) is 2.08. The fourth-order valence-corrected chi connectivity index (χ4v) is 1.44. The summed E-state index contributed by atoms with van der Waals surface area (Å²) in [6, 6.07) is 0. The SMILES string of the molecule is CC(C)OCCn1cc(Cl)c(I)n1. The van der Waals surface area contributed by atoms with Crippen LogP contribution >= 0.6 is 34.2 Å². The highest BCUT2D eigenvalue weighted by Gasteiger charge is 2.02. The quantitative estimate of drug-likeness (QED) is 0.799. The lowest BCUT2D eigenvalue weighted by Gasteiger charge is -2.06. The topological polar surface area (TPSA) is 27.1 Å². The molecular weight excluding hydrogens is 302 g/mol. The molecule has 1 aromatic rings. The minimum absolute atomic E-state index is 0.269. The molecule has 1 rings (SSSR count). The third-order valence-electron chi connectivity index (χ3n) is 1.45. The van der Waals surface area contributed by atoms with E-state index in [1.807, 2.05) is 20.0 Å². The third kappa shape index (κ3) is 3.83. The summed E-state index contributed by atoms with van der Waals surface area (Å²) in [5, 5.41) is 4.90. The number of hydrogen-bond acceptors (Lipinski definition) is 2. The Morgan fingerprint density at radius 2 is 2.38 bits per heavy atom. The first-order valence-corrected chi connectivity index (χ1v) is 5.55. The van der Waals surface area contributed by atoms with E-state index in [0.717, 1.165) is 10.2 Å². The van der Waals surface area contributed by atoms with Crippen LogP contribution in [-0.4, -0.2) is 22.5 Å². The fourth-order valence-electron chi connectivity index (χ4n) is 0.870. The van der Waals surface area contributed by atoms with Gasteiger partial charge in [0.15, 0.2) is 0 Å². The highest BCUT2D eigenvalue weighted by molar-refractivity contribution is 14.1. The first-order valence-electron chi connectivity index (χ1n) is 4.09. The minimum Gasteiger partial charge on any atom is -0.377 e. The number of aromatic nitrogens is 2. The maximum atomic E-state index is 5.84. The van der Waals surface area contributed by atoms with Gasteiger partial charge < -0.3 is 4.74 Å². The van der Waals surface area contributed by atoms with Crippen molar-refractivity contribution < 1.29 is 4.74 Å². The van der Waals surface area contributed by atoms with E-state index in [9.17, 15) is 0 Å². The van der Waals surface area contributed by atoms with Crippen LogP contribution in [0.3, 0.4) is 0 Å². The van der Waals surface area contributed by atoms with Crippen molar-refractivity contribution in [1.29, 1.82) is 0 Å². The van der Waals surface area contributed by atoms with Crippen LogP contribution in [0, 0.1) is 3.70 Å². The molecule has 0 atom stereocenters. The molecule has 1 heterocycles. The first-order chi connectivity index (χ1) is 6.09. The Balaban J connectivity index is 2.37. The van der Waals surface area contributed by atoms with Gasteiger partial charge in [0, 0.05) is 6.20 Å². The van der Waals surface area contributed by atoms with E-state index in [1.165, 1.54) is 0 Å². The summed E-state index contributed by atoms with van der Waals surface area (Å²) < 4.78 is 8.02. The predicted molar refractivity (Wildman–Crippen MR) is 61.0 cm³/mol. The second-order valence-corrected chi connectivity index (χ2v) is 4.38. The Morgan fingerprint density at radius 3 is 2.85 bits per heavy atom. The van der Waals surface area contributed by atoms with Crippen molar-refractivity contribution in [1.82, 2.24) is 9.78 Å². The van der Waals surface area contributed by atoms with Gasteiger partial charge in [-0.05, 0) is 36.4 Å². The highest BCUT2D eigenvalue weighted by Crippen LogP contribution is 2.15. The van der Waals surface area contributed by atoms with E-state index in [0.29, 0.717) is 11.6 Å². The Bertz CT molecular complexity index is 256. The number of ether oxygens (including phenoxy) is 1. The first kappa shape index (κ1) is 11.3. The van der Waals surface area contributed by atoms with Crippen LogP contribution in [0.2, 0.25) is 5.02 Å². The summed E-state index contributed by atoms with van der Waals surface area (Å²) >= 11 is 7.94. The van der Waals surface area contributed by atoms with Crippen molar-refractivity contribution in [2.45, 2.75) is 26.5 Å². The average Bonchev–Trinajstić information content (AvgIpc) is 2.30. The molecule has 5 heteroatoms. The molecule has 0 aliphatic heterocycles. The zero-order chi connectivity index (χ0) is 9.84. The minimum atomic E-state index is 0.269. The van der Waals surface area contributed by atoms with Gasteiger partial charge in [-0.2, -0.15) is 5.10 Å². The van der Waals surface area contributed by atoms with Crippen molar-refractivity contribution in [2.75, 3.05) is 6.61 Å². The van der Waals surface area contributed by atoms with Gasteiger partial charge in [0.05, 0.1) is 24.3 Å². The van der Waals surface area contributed by atoms with Gasteiger partial charge in [-0.15, -0.1) is 0 Å². The summed E-state index contributed by atoms with van der Waals surface area (Å²) in [5.41, 5.74) is 0. The van der Waals surface area contributed by atoms with Crippen LogP contribution in [-0.2, 0) is 11.3 Å². The Morgan fingerprint density at radius 1 is 1.69 bits per heavy atom. The molecule has 0 bridgehead atoms.